The fourth-order valence-electron chi connectivity index (χ4n) is 2.63. The lowest BCUT2D eigenvalue weighted by Gasteiger charge is -2.25. The average Bonchev–Trinajstić information content (AvgIpc) is 2.90. The molecule has 1 aliphatic rings. The highest BCUT2D eigenvalue weighted by Gasteiger charge is 2.43. The Morgan fingerprint density at radius 2 is 2.04 bits per heavy atom. The summed E-state index contributed by atoms with van der Waals surface area (Å²) in [5.74, 6) is -0.431. The van der Waals surface area contributed by atoms with E-state index in [1.807, 2.05) is 30.3 Å². The van der Waals surface area contributed by atoms with Crippen LogP contribution in [0.25, 0.3) is 0 Å². The van der Waals surface area contributed by atoms with Crippen molar-refractivity contribution in [2.24, 2.45) is 5.41 Å². The number of carbonyl (C=O) groups excluding carboxylic acids is 1. The molecule has 126 valence electrons. The van der Waals surface area contributed by atoms with Gasteiger partial charge in [-0.05, 0) is 12.0 Å². The van der Waals surface area contributed by atoms with Crippen molar-refractivity contribution >= 4 is 16.0 Å². The van der Waals surface area contributed by atoms with Crippen molar-refractivity contribution < 1.29 is 22.7 Å². The number of rotatable bonds is 7. The van der Waals surface area contributed by atoms with Gasteiger partial charge in [0.15, 0.2) is 0 Å². The zero-order valence-corrected chi connectivity index (χ0v) is 14.0. The number of carbonyl (C=O) groups is 1. The quantitative estimate of drug-likeness (QED) is 0.597. The van der Waals surface area contributed by atoms with Crippen LogP contribution in [0.3, 0.4) is 0 Å². The Balaban J connectivity index is 2.01. The number of ether oxygens (including phenoxy) is 2. The molecule has 0 spiro atoms. The van der Waals surface area contributed by atoms with Crippen LogP contribution in [0.2, 0.25) is 0 Å². The maximum atomic E-state index is 12.2. The summed E-state index contributed by atoms with van der Waals surface area (Å²) in [6.45, 7) is 0.505. The molecule has 0 heterocycles. The van der Waals surface area contributed by atoms with E-state index in [1.54, 1.807) is 12.2 Å². The van der Waals surface area contributed by atoms with E-state index in [4.69, 9.17) is 9.47 Å². The molecule has 6 nitrogen and oxygen atoms in total. The molecule has 0 amide bonds. The van der Waals surface area contributed by atoms with Crippen LogP contribution in [0.1, 0.15) is 12.0 Å². The summed E-state index contributed by atoms with van der Waals surface area (Å²) in [6.07, 6.45) is 4.71. The Kier molecular flexibility index (Phi) is 5.56. The highest BCUT2D eigenvalue weighted by atomic mass is 32.2. The van der Waals surface area contributed by atoms with Gasteiger partial charge in [0.25, 0.3) is 0 Å². The second kappa shape index (κ2) is 7.25. The number of sulfonamides is 1. The second-order valence-corrected chi connectivity index (χ2v) is 7.47. The second-order valence-electron chi connectivity index (χ2n) is 5.69. The van der Waals surface area contributed by atoms with Crippen LogP contribution in [0.4, 0.5) is 0 Å². The molecule has 0 saturated carbocycles. The summed E-state index contributed by atoms with van der Waals surface area (Å²) >= 11 is 0. The van der Waals surface area contributed by atoms with Crippen LogP contribution >= 0.6 is 0 Å². The van der Waals surface area contributed by atoms with Gasteiger partial charge >= 0.3 is 5.97 Å². The van der Waals surface area contributed by atoms with Gasteiger partial charge in [-0.1, -0.05) is 42.5 Å². The van der Waals surface area contributed by atoms with Crippen LogP contribution in [0.5, 0.6) is 0 Å². The molecule has 1 aromatic rings. The first-order valence-corrected chi connectivity index (χ1v) is 9.10. The van der Waals surface area contributed by atoms with Gasteiger partial charge in [-0.15, -0.1) is 0 Å². The van der Waals surface area contributed by atoms with E-state index >= 15 is 0 Å². The number of nitrogens with one attached hydrogen (secondary N) is 1. The van der Waals surface area contributed by atoms with Gasteiger partial charge in [0.05, 0.1) is 26.6 Å². The minimum absolute atomic E-state index is 0.132. The number of hydrogen-bond acceptors (Lipinski definition) is 5. The van der Waals surface area contributed by atoms with Crippen molar-refractivity contribution in [2.45, 2.75) is 19.1 Å². The third-order valence-corrected chi connectivity index (χ3v) is 4.39. The summed E-state index contributed by atoms with van der Waals surface area (Å²) in [5, 5.41) is 0. The highest BCUT2D eigenvalue weighted by Crippen LogP contribution is 2.34. The first kappa shape index (κ1) is 17.7. The van der Waals surface area contributed by atoms with Crippen LogP contribution in [-0.4, -0.2) is 40.4 Å². The lowest BCUT2D eigenvalue weighted by molar-refractivity contribution is -0.153. The highest BCUT2D eigenvalue weighted by molar-refractivity contribution is 7.88. The molecular formula is C16H21NO5S. The molecule has 2 rings (SSSR count). The van der Waals surface area contributed by atoms with E-state index < -0.39 is 27.4 Å². The Labute approximate surface area is 136 Å². The van der Waals surface area contributed by atoms with E-state index in [2.05, 4.69) is 4.72 Å². The summed E-state index contributed by atoms with van der Waals surface area (Å²) in [7, 11) is -2.04. The minimum Gasteiger partial charge on any atom is -0.468 e. The van der Waals surface area contributed by atoms with Gasteiger partial charge in [-0.25, -0.2) is 13.1 Å². The monoisotopic (exact) mass is 339 g/mol. The van der Waals surface area contributed by atoms with Crippen molar-refractivity contribution in [3.05, 3.63) is 48.0 Å². The molecule has 0 radical (unpaired) electrons. The molecule has 23 heavy (non-hydrogen) atoms. The zero-order chi connectivity index (χ0) is 16.9. The minimum atomic E-state index is -3.35. The third kappa shape index (κ3) is 4.89. The predicted molar refractivity (Wildman–Crippen MR) is 86.1 cm³/mol. The molecule has 0 unspecified atom stereocenters. The first-order valence-electron chi connectivity index (χ1n) is 7.21. The molecule has 7 heteroatoms. The van der Waals surface area contributed by atoms with Crippen molar-refractivity contribution in [3.8, 4) is 0 Å². The maximum Gasteiger partial charge on any atom is 0.318 e. The Morgan fingerprint density at radius 3 is 2.65 bits per heavy atom. The lowest BCUT2D eigenvalue weighted by Crippen LogP contribution is -2.39. The third-order valence-electron chi connectivity index (χ3n) is 3.66. The number of hydrogen-bond donors (Lipinski definition) is 1. The van der Waals surface area contributed by atoms with Crippen molar-refractivity contribution in [2.75, 3.05) is 20.0 Å². The summed E-state index contributed by atoms with van der Waals surface area (Å²) in [4.78, 5) is 12.2. The van der Waals surface area contributed by atoms with Gasteiger partial charge in [0, 0.05) is 6.04 Å². The molecule has 0 saturated heterocycles. The van der Waals surface area contributed by atoms with E-state index in [0.717, 1.165) is 11.8 Å². The molecule has 0 bridgehead atoms. The van der Waals surface area contributed by atoms with Gasteiger partial charge in [-0.2, -0.15) is 0 Å². The summed E-state index contributed by atoms with van der Waals surface area (Å²) in [6, 6.07) is 9.17. The van der Waals surface area contributed by atoms with Crippen molar-refractivity contribution in [1.29, 1.82) is 0 Å². The molecule has 1 aliphatic carbocycles. The summed E-state index contributed by atoms with van der Waals surface area (Å²) < 4.78 is 35.7. The fraction of sp³-hybridized carbons (Fsp3) is 0.438. The molecule has 0 fully saturated rings. The fourth-order valence-corrected chi connectivity index (χ4v) is 3.34. The van der Waals surface area contributed by atoms with E-state index in [9.17, 15) is 13.2 Å². The smallest absolute Gasteiger partial charge is 0.318 e. The Hall–Kier alpha value is -1.70. The standard InChI is InChI=1S/C16H21NO5S/c1-21-15(18)16(9-8-14(10-16)17-23(2,19)20)12-22-11-13-6-4-3-5-7-13/h3-9,14,17H,10-12H2,1-2H3/t14-,16-/m0/s1. The first-order chi connectivity index (χ1) is 10.8. The van der Waals surface area contributed by atoms with Crippen LogP contribution in [0.15, 0.2) is 42.5 Å². The van der Waals surface area contributed by atoms with E-state index in [1.165, 1.54) is 7.11 Å². The SMILES string of the molecule is COC(=O)[C@@]1(COCc2ccccc2)C=C[C@H](NS(C)(=O)=O)C1. The van der Waals surface area contributed by atoms with Crippen LogP contribution in [0, 0.1) is 5.41 Å². The largest absolute Gasteiger partial charge is 0.468 e. The van der Waals surface area contributed by atoms with Crippen LogP contribution in [-0.2, 0) is 30.9 Å². The van der Waals surface area contributed by atoms with Gasteiger partial charge < -0.3 is 9.47 Å². The topological polar surface area (TPSA) is 81.7 Å². The van der Waals surface area contributed by atoms with Gasteiger partial charge in [0.2, 0.25) is 10.0 Å². The molecular weight excluding hydrogens is 318 g/mol. The van der Waals surface area contributed by atoms with Crippen molar-refractivity contribution in [3.63, 3.8) is 0 Å². The number of esters is 1. The predicted octanol–water partition coefficient (Wildman–Crippen LogP) is 1.24. The molecule has 0 aromatic heterocycles. The van der Waals surface area contributed by atoms with Crippen molar-refractivity contribution in [1.82, 2.24) is 4.72 Å². The molecule has 2 atom stereocenters. The maximum absolute atomic E-state index is 12.2. The Morgan fingerprint density at radius 1 is 1.35 bits per heavy atom. The Bertz CT molecular complexity index is 671. The van der Waals surface area contributed by atoms with Crippen LogP contribution < -0.4 is 4.72 Å². The van der Waals surface area contributed by atoms with E-state index in [0.29, 0.717) is 6.61 Å². The molecule has 0 aliphatic heterocycles. The zero-order valence-electron chi connectivity index (χ0n) is 13.2. The lowest BCUT2D eigenvalue weighted by atomic mass is 9.88. The summed E-state index contributed by atoms with van der Waals surface area (Å²) in [5.41, 5.74) is 0.0339. The normalized spacial score (nSPS) is 23.8. The average molecular weight is 339 g/mol. The van der Waals surface area contributed by atoms with Gasteiger partial charge in [-0.3, -0.25) is 4.79 Å². The number of benzene rings is 1. The molecule has 1 aromatic carbocycles. The number of methoxy groups -OCH3 is 1. The van der Waals surface area contributed by atoms with E-state index in [-0.39, 0.29) is 13.0 Å². The molecule has 1 N–H and O–H groups in total. The van der Waals surface area contributed by atoms with Gasteiger partial charge in [0.1, 0.15) is 5.41 Å².